The van der Waals surface area contributed by atoms with Crippen molar-refractivity contribution in [2.75, 3.05) is 13.6 Å². The lowest BCUT2D eigenvalue weighted by molar-refractivity contribution is -0.131. The Kier molecular flexibility index (Phi) is 6.37. The largest absolute Gasteiger partial charge is 0.478 e. The van der Waals surface area contributed by atoms with Crippen LogP contribution in [-0.2, 0) is 11.2 Å². The number of amides is 1. The van der Waals surface area contributed by atoms with E-state index in [1.54, 1.807) is 36.2 Å². The highest BCUT2D eigenvalue weighted by Gasteiger charge is 2.19. The molecule has 0 heterocycles. The van der Waals surface area contributed by atoms with Crippen LogP contribution >= 0.6 is 0 Å². The highest BCUT2D eigenvalue weighted by Crippen LogP contribution is 2.11. The highest BCUT2D eigenvalue weighted by atomic mass is 16.4. The maximum Gasteiger partial charge on any atom is 0.335 e. The van der Waals surface area contributed by atoms with Crippen LogP contribution < -0.4 is 5.73 Å². The van der Waals surface area contributed by atoms with Crippen molar-refractivity contribution in [3.05, 3.63) is 35.4 Å². The van der Waals surface area contributed by atoms with Gasteiger partial charge in [-0.2, -0.15) is 0 Å². The van der Waals surface area contributed by atoms with Gasteiger partial charge in [-0.3, -0.25) is 4.79 Å². The third kappa shape index (κ3) is 5.19. The second kappa shape index (κ2) is 7.78. The first-order valence-electron chi connectivity index (χ1n) is 7.14. The summed E-state index contributed by atoms with van der Waals surface area (Å²) in [5.41, 5.74) is 6.89. The summed E-state index contributed by atoms with van der Waals surface area (Å²) in [6.07, 6.45) is 1.15. The van der Waals surface area contributed by atoms with E-state index in [2.05, 4.69) is 0 Å². The van der Waals surface area contributed by atoms with E-state index in [1.807, 2.05) is 13.8 Å². The molecule has 1 amide bonds. The molecule has 1 atom stereocenters. The molecule has 5 heteroatoms. The van der Waals surface area contributed by atoms with Crippen molar-refractivity contribution in [3.63, 3.8) is 0 Å². The van der Waals surface area contributed by atoms with Crippen LogP contribution in [0, 0.1) is 5.92 Å². The smallest absolute Gasteiger partial charge is 0.335 e. The number of nitrogens with two attached hydrogens (primary N) is 1. The molecule has 0 aliphatic rings. The van der Waals surface area contributed by atoms with Crippen LogP contribution in [0.15, 0.2) is 24.3 Å². The number of carbonyl (C=O) groups is 2. The Morgan fingerprint density at radius 1 is 1.29 bits per heavy atom. The van der Waals surface area contributed by atoms with Gasteiger partial charge in [-0.15, -0.1) is 0 Å². The Bertz CT molecular complexity index is 500. The Morgan fingerprint density at radius 3 is 2.48 bits per heavy atom. The molecule has 0 aromatic heterocycles. The second-order valence-electron chi connectivity index (χ2n) is 5.71. The maximum absolute atomic E-state index is 12.1. The van der Waals surface area contributed by atoms with Gasteiger partial charge in [-0.25, -0.2) is 4.79 Å². The van der Waals surface area contributed by atoms with E-state index in [0.29, 0.717) is 25.3 Å². The third-order valence-corrected chi connectivity index (χ3v) is 3.38. The van der Waals surface area contributed by atoms with Crippen molar-refractivity contribution in [2.24, 2.45) is 11.7 Å². The van der Waals surface area contributed by atoms with E-state index >= 15 is 0 Å². The number of aromatic carboxylic acids is 1. The Morgan fingerprint density at radius 2 is 1.90 bits per heavy atom. The van der Waals surface area contributed by atoms with Gasteiger partial charge in [0.1, 0.15) is 0 Å². The Labute approximate surface area is 125 Å². The van der Waals surface area contributed by atoms with Crippen LogP contribution in [-0.4, -0.2) is 41.5 Å². The summed E-state index contributed by atoms with van der Waals surface area (Å²) in [5, 5.41) is 9.13. The third-order valence-electron chi connectivity index (χ3n) is 3.38. The van der Waals surface area contributed by atoms with Crippen molar-refractivity contribution < 1.29 is 14.7 Å². The number of rotatable bonds is 7. The van der Waals surface area contributed by atoms with Crippen LogP contribution in [0.25, 0.3) is 0 Å². The van der Waals surface area contributed by atoms with Crippen molar-refractivity contribution in [3.8, 4) is 0 Å². The van der Waals surface area contributed by atoms with E-state index in [9.17, 15) is 9.59 Å². The zero-order chi connectivity index (χ0) is 16.0. The summed E-state index contributed by atoms with van der Waals surface area (Å²) >= 11 is 0. The lowest BCUT2D eigenvalue weighted by Gasteiger charge is -2.22. The predicted molar refractivity (Wildman–Crippen MR) is 82.2 cm³/mol. The van der Waals surface area contributed by atoms with Crippen molar-refractivity contribution in [1.82, 2.24) is 4.90 Å². The standard InChI is InChI=1S/C16H24N2O3/c1-11(2)10-14(17)15(19)18(3)9-8-12-6-4-5-7-13(12)16(20)21/h4-7,11,14H,8-10,17H2,1-3H3,(H,20,21)/t14-/m0/s1. The number of carboxylic acid groups (broad SMARTS) is 1. The van der Waals surface area contributed by atoms with Gasteiger partial charge in [0.05, 0.1) is 11.6 Å². The van der Waals surface area contributed by atoms with E-state index in [0.717, 1.165) is 5.56 Å². The van der Waals surface area contributed by atoms with Crippen molar-refractivity contribution in [1.29, 1.82) is 0 Å². The van der Waals surface area contributed by atoms with Gasteiger partial charge < -0.3 is 15.7 Å². The minimum absolute atomic E-state index is 0.100. The summed E-state index contributed by atoms with van der Waals surface area (Å²) in [7, 11) is 1.70. The number of likely N-dealkylation sites (N-methyl/N-ethyl adjacent to an activating group) is 1. The molecular weight excluding hydrogens is 268 g/mol. The van der Waals surface area contributed by atoms with Gasteiger partial charge in [-0.1, -0.05) is 32.0 Å². The lowest BCUT2D eigenvalue weighted by Crippen LogP contribution is -2.43. The van der Waals surface area contributed by atoms with Crippen LogP contribution in [0.4, 0.5) is 0 Å². The van der Waals surface area contributed by atoms with Gasteiger partial charge in [0.15, 0.2) is 0 Å². The molecule has 1 rings (SSSR count). The summed E-state index contributed by atoms with van der Waals surface area (Å²) in [6.45, 7) is 4.50. The van der Waals surface area contributed by atoms with Crippen molar-refractivity contribution >= 4 is 11.9 Å². The molecule has 0 saturated carbocycles. The first kappa shape index (κ1) is 17.2. The van der Waals surface area contributed by atoms with Crippen LogP contribution in [0.5, 0.6) is 0 Å². The van der Waals surface area contributed by atoms with E-state index < -0.39 is 12.0 Å². The summed E-state index contributed by atoms with van der Waals surface area (Å²) in [4.78, 5) is 24.8. The predicted octanol–water partition coefficient (Wildman–Crippen LogP) is 1.76. The quantitative estimate of drug-likeness (QED) is 0.802. The highest BCUT2D eigenvalue weighted by molar-refractivity contribution is 5.89. The SMILES string of the molecule is CC(C)C[C@H](N)C(=O)N(C)CCc1ccccc1C(=O)O. The van der Waals surface area contributed by atoms with E-state index in [1.165, 1.54) is 0 Å². The molecule has 0 bridgehead atoms. The Balaban J connectivity index is 2.63. The van der Waals surface area contributed by atoms with Gasteiger partial charge >= 0.3 is 5.97 Å². The molecule has 1 aromatic carbocycles. The average molecular weight is 292 g/mol. The normalized spacial score (nSPS) is 12.2. The first-order chi connectivity index (χ1) is 9.82. The number of nitrogens with zero attached hydrogens (tertiary/aromatic N) is 1. The van der Waals surface area contributed by atoms with Crippen LogP contribution in [0.3, 0.4) is 0 Å². The second-order valence-corrected chi connectivity index (χ2v) is 5.71. The van der Waals surface area contributed by atoms with Crippen LogP contribution in [0.2, 0.25) is 0 Å². The maximum atomic E-state index is 12.1. The zero-order valence-corrected chi connectivity index (χ0v) is 12.9. The summed E-state index contributed by atoms with van der Waals surface area (Å²) in [6, 6.07) is 6.35. The molecular formula is C16H24N2O3. The molecule has 3 N–H and O–H groups in total. The van der Waals surface area contributed by atoms with Crippen molar-refractivity contribution in [2.45, 2.75) is 32.7 Å². The number of benzene rings is 1. The molecule has 1 aromatic rings. The van der Waals surface area contributed by atoms with Gasteiger partial charge in [-0.05, 0) is 30.4 Å². The molecule has 0 radical (unpaired) electrons. The molecule has 116 valence electrons. The molecule has 0 spiro atoms. The molecule has 0 fully saturated rings. The number of hydrogen-bond acceptors (Lipinski definition) is 3. The molecule has 0 aliphatic carbocycles. The number of carbonyl (C=O) groups excluding carboxylic acids is 1. The monoisotopic (exact) mass is 292 g/mol. The molecule has 5 nitrogen and oxygen atoms in total. The average Bonchev–Trinajstić information content (AvgIpc) is 2.43. The van der Waals surface area contributed by atoms with E-state index in [4.69, 9.17) is 10.8 Å². The molecule has 21 heavy (non-hydrogen) atoms. The fraction of sp³-hybridized carbons (Fsp3) is 0.500. The topological polar surface area (TPSA) is 83.6 Å². The van der Waals surface area contributed by atoms with Crippen LogP contribution in [0.1, 0.15) is 36.2 Å². The lowest BCUT2D eigenvalue weighted by atomic mass is 10.0. The van der Waals surface area contributed by atoms with E-state index in [-0.39, 0.29) is 11.5 Å². The first-order valence-corrected chi connectivity index (χ1v) is 7.14. The minimum atomic E-state index is -0.948. The summed E-state index contributed by atoms with van der Waals surface area (Å²) < 4.78 is 0. The van der Waals surface area contributed by atoms with Gasteiger partial charge in [0.25, 0.3) is 0 Å². The summed E-state index contributed by atoms with van der Waals surface area (Å²) in [5.74, 6) is -0.683. The molecule has 0 saturated heterocycles. The fourth-order valence-corrected chi connectivity index (χ4v) is 2.24. The van der Waals surface area contributed by atoms with Gasteiger partial charge in [0, 0.05) is 13.6 Å². The Hall–Kier alpha value is -1.88. The molecule has 0 unspecified atom stereocenters. The van der Waals surface area contributed by atoms with Gasteiger partial charge in [0.2, 0.25) is 5.91 Å². The number of carboxylic acids is 1. The number of hydrogen-bond donors (Lipinski definition) is 2. The zero-order valence-electron chi connectivity index (χ0n) is 12.9. The molecule has 0 aliphatic heterocycles. The minimum Gasteiger partial charge on any atom is -0.478 e. The fourth-order valence-electron chi connectivity index (χ4n) is 2.24.